The topological polar surface area (TPSA) is 95.9 Å². The summed E-state index contributed by atoms with van der Waals surface area (Å²) >= 11 is 0. The Morgan fingerprint density at radius 1 is 0.970 bits per heavy atom. The molecule has 3 aromatic rings. The standard InChI is InChI=1S/C23H22FN3O4S2/c1-16-6-3-4-9-21(16)23-15-22(17-7-5-8-19(14-17)26-32(2,28)29)25-27(23)33(30,31)20-12-10-18(24)11-13-20/h3-14,23,26H,15H2,1-2H3/t23-/m1/s1. The van der Waals surface area contributed by atoms with Gasteiger partial charge in [0.05, 0.1) is 22.9 Å². The molecule has 172 valence electrons. The SMILES string of the molecule is Cc1ccccc1[C@H]1CC(c2cccc(NS(C)(=O)=O)c2)=NN1S(=O)(=O)c1ccc(F)cc1. The van der Waals surface area contributed by atoms with Gasteiger partial charge in [-0.3, -0.25) is 4.72 Å². The van der Waals surface area contributed by atoms with Crippen molar-refractivity contribution < 1.29 is 21.2 Å². The second-order valence-electron chi connectivity index (χ2n) is 7.81. The number of hydrogen-bond donors (Lipinski definition) is 1. The number of sulfonamides is 2. The zero-order chi connectivity index (χ0) is 23.8. The van der Waals surface area contributed by atoms with Crippen LogP contribution < -0.4 is 4.72 Å². The molecule has 1 atom stereocenters. The average molecular weight is 488 g/mol. The van der Waals surface area contributed by atoms with Crippen LogP contribution in [-0.4, -0.2) is 33.2 Å². The van der Waals surface area contributed by atoms with Crippen LogP contribution in [0.3, 0.4) is 0 Å². The van der Waals surface area contributed by atoms with Gasteiger partial charge in [0.2, 0.25) is 10.0 Å². The Morgan fingerprint density at radius 3 is 2.33 bits per heavy atom. The normalized spacial score (nSPS) is 16.5. The van der Waals surface area contributed by atoms with Gasteiger partial charge >= 0.3 is 0 Å². The number of halogens is 1. The molecule has 0 aliphatic carbocycles. The second-order valence-corrected chi connectivity index (χ2v) is 11.4. The van der Waals surface area contributed by atoms with Gasteiger partial charge in [-0.15, -0.1) is 0 Å². The fourth-order valence-electron chi connectivity index (χ4n) is 3.77. The van der Waals surface area contributed by atoms with Crippen molar-refractivity contribution in [3.05, 3.63) is 95.3 Å². The third kappa shape index (κ3) is 4.91. The number of nitrogens with one attached hydrogen (secondary N) is 1. The molecule has 7 nitrogen and oxygen atoms in total. The minimum absolute atomic E-state index is 0.0695. The third-order valence-electron chi connectivity index (χ3n) is 5.28. The summed E-state index contributed by atoms with van der Waals surface area (Å²) in [6.07, 6.45) is 1.34. The van der Waals surface area contributed by atoms with Crippen LogP contribution in [0.2, 0.25) is 0 Å². The molecule has 0 bridgehead atoms. The highest BCUT2D eigenvalue weighted by molar-refractivity contribution is 7.92. The van der Waals surface area contributed by atoms with Crippen LogP contribution in [0.15, 0.2) is 82.8 Å². The van der Waals surface area contributed by atoms with Gasteiger partial charge in [0.15, 0.2) is 0 Å². The van der Waals surface area contributed by atoms with Crippen molar-refractivity contribution in [3.63, 3.8) is 0 Å². The Kier molecular flexibility index (Phi) is 5.98. The van der Waals surface area contributed by atoms with Crippen molar-refractivity contribution >= 4 is 31.4 Å². The molecule has 0 unspecified atom stereocenters. The maximum absolute atomic E-state index is 13.5. The molecule has 1 N–H and O–H groups in total. The summed E-state index contributed by atoms with van der Waals surface area (Å²) in [4.78, 5) is -0.0695. The van der Waals surface area contributed by atoms with Gasteiger partial charge in [-0.05, 0) is 60.0 Å². The van der Waals surface area contributed by atoms with E-state index in [4.69, 9.17) is 0 Å². The number of benzene rings is 3. The summed E-state index contributed by atoms with van der Waals surface area (Å²) in [5, 5.41) is 4.46. The largest absolute Gasteiger partial charge is 0.284 e. The average Bonchev–Trinajstić information content (AvgIpc) is 3.20. The molecule has 3 aromatic carbocycles. The first-order chi connectivity index (χ1) is 15.5. The lowest BCUT2D eigenvalue weighted by Crippen LogP contribution is -2.27. The van der Waals surface area contributed by atoms with Crippen LogP contribution >= 0.6 is 0 Å². The molecule has 0 saturated heterocycles. The Hall–Kier alpha value is -3.24. The first kappa shape index (κ1) is 22.9. The zero-order valence-corrected chi connectivity index (χ0v) is 19.6. The predicted molar refractivity (Wildman–Crippen MR) is 125 cm³/mol. The van der Waals surface area contributed by atoms with E-state index in [1.807, 2.05) is 31.2 Å². The van der Waals surface area contributed by atoms with Crippen molar-refractivity contribution in [1.29, 1.82) is 0 Å². The highest BCUT2D eigenvalue weighted by Crippen LogP contribution is 2.38. The molecule has 0 radical (unpaired) electrons. The summed E-state index contributed by atoms with van der Waals surface area (Å²) in [6, 6.07) is 18.1. The number of hydrazone groups is 1. The first-order valence-corrected chi connectivity index (χ1v) is 13.4. The summed E-state index contributed by atoms with van der Waals surface area (Å²) in [5.41, 5.74) is 3.15. The zero-order valence-electron chi connectivity index (χ0n) is 17.9. The van der Waals surface area contributed by atoms with E-state index in [-0.39, 0.29) is 11.3 Å². The molecule has 0 fully saturated rings. The quantitative estimate of drug-likeness (QED) is 0.568. The van der Waals surface area contributed by atoms with Crippen LogP contribution in [0.25, 0.3) is 0 Å². The summed E-state index contributed by atoms with van der Waals surface area (Å²) < 4.78 is 67.1. The van der Waals surface area contributed by atoms with E-state index in [2.05, 4.69) is 9.82 Å². The van der Waals surface area contributed by atoms with Gasteiger partial charge in [-0.25, -0.2) is 12.8 Å². The fraction of sp³-hybridized carbons (Fsp3) is 0.174. The van der Waals surface area contributed by atoms with Crippen molar-refractivity contribution in [2.24, 2.45) is 5.10 Å². The van der Waals surface area contributed by atoms with Gasteiger partial charge in [0.1, 0.15) is 5.82 Å². The Balaban J connectivity index is 1.80. The predicted octanol–water partition coefficient (Wildman–Crippen LogP) is 4.05. The van der Waals surface area contributed by atoms with E-state index in [0.29, 0.717) is 17.0 Å². The van der Waals surface area contributed by atoms with Crippen molar-refractivity contribution in [1.82, 2.24) is 4.41 Å². The Morgan fingerprint density at radius 2 is 1.67 bits per heavy atom. The van der Waals surface area contributed by atoms with E-state index in [9.17, 15) is 21.2 Å². The number of anilines is 1. The molecule has 4 rings (SSSR count). The van der Waals surface area contributed by atoms with Crippen molar-refractivity contribution in [3.8, 4) is 0 Å². The van der Waals surface area contributed by atoms with Gasteiger partial charge in [-0.1, -0.05) is 36.4 Å². The van der Waals surface area contributed by atoms with Crippen LogP contribution in [0.1, 0.15) is 29.2 Å². The minimum atomic E-state index is -4.08. The van der Waals surface area contributed by atoms with E-state index in [1.54, 1.807) is 24.3 Å². The first-order valence-electron chi connectivity index (χ1n) is 10.1. The van der Waals surface area contributed by atoms with Gasteiger partial charge in [0, 0.05) is 12.1 Å². The van der Waals surface area contributed by atoms with E-state index in [1.165, 1.54) is 12.1 Å². The molecule has 33 heavy (non-hydrogen) atoms. The second kappa shape index (κ2) is 8.60. The van der Waals surface area contributed by atoms with Gasteiger partial charge in [-0.2, -0.15) is 17.9 Å². The molecule has 1 heterocycles. The smallest absolute Gasteiger partial charge is 0.279 e. The monoisotopic (exact) mass is 487 g/mol. The molecule has 10 heteroatoms. The van der Waals surface area contributed by atoms with Crippen LogP contribution in [-0.2, 0) is 20.0 Å². The third-order valence-corrected chi connectivity index (χ3v) is 7.58. The Bertz CT molecular complexity index is 1440. The van der Waals surface area contributed by atoms with E-state index in [0.717, 1.165) is 33.9 Å². The lowest BCUT2D eigenvalue weighted by molar-refractivity contribution is 0.370. The van der Waals surface area contributed by atoms with Crippen molar-refractivity contribution in [2.75, 3.05) is 11.0 Å². The van der Waals surface area contributed by atoms with Gasteiger partial charge in [0.25, 0.3) is 10.0 Å². The maximum Gasteiger partial charge on any atom is 0.279 e. The minimum Gasteiger partial charge on any atom is -0.284 e. The van der Waals surface area contributed by atoms with Crippen LogP contribution in [0.5, 0.6) is 0 Å². The van der Waals surface area contributed by atoms with Crippen molar-refractivity contribution in [2.45, 2.75) is 24.3 Å². The number of aryl methyl sites for hydroxylation is 1. The van der Waals surface area contributed by atoms with E-state index >= 15 is 0 Å². The molecule has 1 aliphatic rings. The molecule has 0 aromatic heterocycles. The molecule has 1 aliphatic heterocycles. The lowest BCUT2D eigenvalue weighted by atomic mass is 9.96. The summed E-state index contributed by atoms with van der Waals surface area (Å²) in [5.74, 6) is -0.537. The Labute approximate surface area is 192 Å². The number of nitrogens with zero attached hydrogens (tertiary/aromatic N) is 2. The van der Waals surface area contributed by atoms with E-state index < -0.39 is 31.9 Å². The van der Waals surface area contributed by atoms with Gasteiger partial charge < -0.3 is 0 Å². The molecule has 0 amide bonds. The fourth-order valence-corrected chi connectivity index (χ4v) is 5.75. The highest BCUT2D eigenvalue weighted by Gasteiger charge is 2.38. The maximum atomic E-state index is 13.5. The van der Waals surface area contributed by atoms with Crippen LogP contribution in [0, 0.1) is 12.7 Å². The lowest BCUT2D eigenvalue weighted by Gasteiger charge is -2.24. The molecular weight excluding hydrogens is 465 g/mol. The molecular formula is C23H22FN3O4S2. The van der Waals surface area contributed by atoms with Crippen LogP contribution in [0.4, 0.5) is 10.1 Å². The number of rotatable bonds is 6. The molecule has 0 spiro atoms. The summed E-state index contributed by atoms with van der Waals surface area (Å²) in [6.45, 7) is 1.90. The highest BCUT2D eigenvalue weighted by atomic mass is 32.2. The number of hydrogen-bond acceptors (Lipinski definition) is 5. The molecule has 0 saturated carbocycles. The summed E-state index contributed by atoms with van der Waals surface area (Å²) in [7, 11) is -7.56.